The highest BCUT2D eigenvalue weighted by atomic mass is 16.6. The number of amides is 1. The summed E-state index contributed by atoms with van der Waals surface area (Å²) in [5.74, 6) is 0. The van der Waals surface area contributed by atoms with Gasteiger partial charge in [-0.25, -0.2) is 4.79 Å². The van der Waals surface area contributed by atoms with Gasteiger partial charge in [-0.2, -0.15) is 0 Å². The van der Waals surface area contributed by atoms with Gasteiger partial charge in [0.05, 0.1) is 11.7 Å². The van der Waals surface area contributed by atoms with Gasteiger partial charge >= 0.3 is 6.09 Å². The number of benzene rings is 1. The molecular formula is C19H20N2O2. The molecule has 0 aliphatic carbocycles. The largest absolute Gasteiger partial charge is 0.443 e. The van der Waals surface area contributed by atoms with Gasteiger partial charge in [0.1, 0.15) is 5.60 Å². The van der Waals surface area contributed by atoms with Crippen molar-refractivity contribution in [2.75, 3.05) is 4.90 Å². The molecule has 118 valence electrons. The predicted molar refractivity (Wildman–Crippen MR) is 90.7 cm³/mol. The van der Waals surface area contributed by atoms with Gasteiger partial charge in [-0.05, 0) is 38.8 Å². The van der Waals surface area contributed by atoms with Crippen molar-refractivity contribution in [3.05, 3.63) is 60.1 Å². The lowest BCUT2D eigenvalue weighted by Gasteiger charge is -2.29. The predicted octanol–water partition coefficient (Wildman–Crippen LogP) is 4.05. The third kappa shape index (κ3) is 2.25. The number of nitrogens with zero attached hydrogens (tertiary/aromatic N) is 2. The van der Waals surface area contributed by atoms with E-state index in [2.05, 4.69) is 41.5 Å². The summed E-state index contributed by atoms with van der Waals surface area (Å²) in [5.41, 5.74) is 4.44. The summed E-state index contributed by atoms with van der Waals surface area (Å²) in [6.07, 6.45) is 10.7. The standard InChI is InChI=1S/C19H20N2O2/c1-19(2,3)23-18(22)20-11-9-16-15(12-20)14-8-4-6-13-7-5-10-21(16)17(13)14/h4-6,8-12,16H,7H2,1-3H3. The molecule has 1 atom stereocenters. The van der Waals surface area contributed by atoms with Crippen molar-refractivity contribution >= 4 is 17.4 Å². The van der Waals surface area contributed by atoms with Gasteiger partial charge in [0.25, 0.3) is 0 Å². The molecule has 3 aliphatic heterocycles. The third-order valence-electron chi connectivity index (χ3n) is 4.22. The zero-order chi connectivity index (χ0) is 16.2. The molecule has 3 aliphatic rings. The number of carbonyl (C=O) groups excluding carboxylic acids is 1. The molecule has 0 saturated heterocycles. The van der Waals surface area contributed by atoms with Crippen LogP contribution in [-0.4, -0.2) is 22.6 Å². The van der Waals surface area contributed by atoms with Crippen LogP contribution in [0.1, 0.15) is 31.9 Å². The molecule has 4 nitrogen and oxygen atoms in total. The summed E-state index contributed by atoms with van der Waals surface area (Å²) >= 11 is 0. The highest BCUT2D eigenvalue weighted by Gasteiger charge is 2.37. The lowest BCUT2D eigenvalue weighted by atomic mass is 9.99. The van der Waals surface area contributed by atoms with E-state index in [1.807, 2.05) is 27.0 Å². The minimum Gasteiger partial charge on any atom is -0.443 e. The molecule has 0 saturated carbocycles. The summed E-state index contributed by atoms with van der Waals surface area (Å²) in [6, 6.07) is 6.54. The second-order valence-electron chi connectivity index (χ2n) is 7.07. The van der Waals surface area contributed by atoms with Crippen LogP contribution in [0.3, 0.4) is 0 Å². The van der Waals surface area contributed by atoms with Gasteiger partial charge in [-0.3, -0.25) is 4.90 Å². The van der Waals surface area contributed by atoms with Crippen LogP contribution >= 0.6 is 0 Å². The number of anilines is 1. The average molecular weight is 308 g/mol. The highest BCUT2D eigenvalue weighted by Crippen LogP contribution is 2.46. The molecule has 0 bridgehead atoms. The van der Waals surface area contributed by atoms with E-state index in [0.29, 0.717) is 0 Å². The number of carbonyl (C=O) groups is 1. The van der Waals surface area contributed by atoms with E-state index in [1.165, 1.54) is 16.8 Å². The van der Waals surface area contributed by atoms with Crippen molar-refractivity contribution in [1.82, 2.24) is 4.90 Å². The minimum absolute atomic E-state index is 0.154. The fraction of sp³-hybridized carbons (Fsp3) is 0.316. The first-order valence-corrected chi connectivity index (χ1v) is 7.93. The second-order valence-corrected chi connectivity index (χ2v) is 7.07. The summed E-state index contributed by atoms with van der Waals surface area (Å²) in [5, 5.41) is 0. The van der Waals surface area contributed by atoms with Crippen LogP contribution in [0.15, 0.2) is 49.0 Å². The van der Waals surface area contributed by atoms with Gasteiger partial charge in [0.2, 0.25) is 0 Å². The van der Waals surface area contributed by atoms with Gasteiger partial charge in [0.15, 0.2) is 0 Å². The lowest BCUT2D eigenvalue weighted by molar-refractivity contribution is 0.0398. The Morgan fingerprint density at radius 3 is 2.87 bits per heavy atom. The quantitative estimate of drug-likeness (QED) is 0.725. The van der Waals surface area contributed by atoms with Crippen LogP contribution < -0.4 is 4.90 Å². The minimum atomic E-state index is -0.501. The van der Waals surface area contributed by atoms with Crippen molar-refractivity contribution < 1.29 is 9.53 Å². The van der Waals surface area contributed by atoms with Gasteiger partial charge in [-0.1, -0.05) is 24.3 Å². The molecule has 0 spiro atoms. The molecule has 0 N–H and O–H groups in total. The first kappa shape index (κ1) is 14.1. The van der Waals surface area contributed by atoms with Gasteiger partial charge < -0.3 is 9.64 Å². The number of rotatable bonds is 0. The van der Waals surface area contributed by atoms with E-state index >= 15 is 0 Å². The zero-order valence-corrected chi connectivity index (χ0v) is 13.6. The smallest absolute Gasteiger partial charge is 0.418 e. The maximum atomic E-state index is 12.3. The second kappa shape index (κ2) is 4.75. The summed E-state index contributed by atoms with van der Waals surface area (Å²) < 4.78 is 5.47. The number of fused-ring (bicyclic) bond motifs is 3. The molecule has 23 heavy (non-hydrogen) atoms. The monoisotopic (exact) mass is 308 g/mol. The fourth-order valence-electron chi connectivity index (χ4n) is 3.34. The number of hydrogen-bond acceptors (Lipinski definition) is 3. The molecule has 0 aromatic heterocycles. The molecule has 3 heterocycles. The van der Waals surface area contributed by atoms with Crippen molar-refractivity contribution in [1.29, 1.82) is 0 Å². The lowest BCUT2D eigenvalue weighted by Crippen LogP contribution is -2.34. The third-order valence-corrected chi connectivity index (χ3v) is 4.22. The summed E-state index contributed by atoms with van der Waals surface area (Å²) in [7, 11) is 0. The van der Waals surface area contributed by atoms with Crippen LogP contribution in [0.5, 0.6) is 0 Å². The first-order chi connectivity index (χ1) is 10.9. The molecule has 4 rings (SSSR count). The van der Waals surface area contributed by atoms with Gasteiger partial charge in [-0.15, -0.1) is 0 Å². The summed E-state index contributed by atoms with van der Waals surface area (Å²) in [6.45, 7) is 5.63. The van der Waals surface area contributed by atoms with Crippen LogP contribution in [0, 0.1) is 0 Å². The van der Waals surface area contributed by atoms with E-state index in [1.54, 1.807) is 11.1 Å². The fourth-order valence-corrected chi connectivity index (χ4v) is 3.34. The maximum Gasteiger partial charge on any atom is 0.418 e. The normalized spacial score (nSPS) is 21.0. The zero-order valence-electron chi connectivity index (χ0n) is 13.6. The molecule has 1 unspecified atom stereocenters. The van der Waals surface area contributed by atoms with Crippen LogP contribution in [0.25, 0.3) is 5.57 Å². The number of ether oxygens (including phenoxy) is 1. The van der Waals surface area contributed by atoms with Crippen molar-refractivity contribution in [3.63, 3.8) is 0 Å². The Morgan fingerprint density at radius 1 is 1.26 bits per heavy atom. The Bertz CT molecular complexity index is 768. The first-order valence-electron chi connectivity index (χ1n) is 7.93. The van der Waals surface area contributed by atoms with Gasteiger partial charge in [0, 0.05) is 29.7 Å². The van der Waals surface area contributed by atoms with Crippen LogP contribution in [0.2, 0.25) is 0 Å². The van der Waals surface area contributed by atoms with E-state index in [-0.39, 0.29) is 12.1 Å². The number of allylic oxidation sites excluding steroid dienone is 1. The van der Waals surface area contributed by atoms with Crippen LogP contribution in [0.4, 0.5) is 10.5 Å². The Hall–Kier alpha value is -2.49. The topological polar surface area (TPSA) is 32.8 Å². The molecular weight excluding hydrogens is 288 g/mol. The average Bonchev–Trinajstić information content (AvgIpc) is 2.82. The van der Waals surface area contributed by atoms with Crippen molar-refractivity contribution in [3.8, 4) is 0 Å². The van der Waals surface area contributed by atoms with E-state index in [0.717, 1.165) is 12.0 Å². The number of para-hydroxylation sites is 1. The molecule has 0 radical (unpaired) electrons. The Kier molecular flexibility index (Phi) is 2.92. The molecule has 0 fully saturated rings. The molecule has 1 aromatic rings. The molecule has 4 heteroatoms. The number of hydrogen-bond donors (Lipinski definition) is 0. The maximum absolute atomic E-state index is 12.3. The van der Waals surface area contributed by atoms with Crippen LogP contribution in [-0.2, 0) is 11.2 Å². The van der Waals surface area contributed by atoms with Crippen molar-refractivity contribution in [2.24, 2.45) is 0 Å². The summed E-state index contributed by atoms with van der Waals surface area (Å²) in [4.78, 5) is 16.1. The SMILES string of the molecule is CC(C)(C)OC(=O)N1C=CC2C(=C1)c1cccc3c1N2C=CC3. The molecule has 1 amide bonds. The van der Waals surface area contributed by atoms with Crippen molar-refractivity contribution in [2.45, 2.75) is 38.8 Å². The molecule has 1 aromatic carbocycles. The van der Waals surface area contributed by atoms with E-state index < -0.39 is 5.60 Å². The van der Waals surface area contributed by atoms with E-state index in [9.17, 15) is 4.79 Å². The van der Waals surface area contributed by atoms with E-state index in [4.69, 9.17) is 4.74 Å². The Balaban J connectivity index is 1.72. The Morgan fingerprint density at radius 2 is 2.09 bits per heavy atom. The highest BCUT2D eigenvalue weighted by molar-refractivity contribution is 5.94. The Labute approximate surface area is 136 Å².